The molecule has 0 spiro atoms. The highest BCUT2D eigenvalue weighted by molar-refractivity contribution is 5.81. The fourth-order valence-corrected chi connectivity index (χ4v) is 3.02. The summed E-state index contributed by atoms with van der Waals surface area (Å²) < 4.78 is 5.37. The quantitative estimate of drug-likeness (QED) is 0.296. The lowest BCUT2D eigenvalue weighted by Gasteiger charge is -2.34. The Bertz CT molecular complexity index is 307. The number of unbranched alkanes of at least 4 members (excludes halogenated alkanes) is 7. The maximum Gasteiger partial charge on any atom is 0.330 e. The van der Waals surface area contributed by atoms with Gasteiger partial charge in [0, 0.05) is 17.5 Å². The molecule has 130 valence electrons. The summed E-state index contributed by atoms with van der Waals surface area (Å²) in [4.78, 5) is 11.4. The van der Waals surface area contributed by atoms with Crippen molar-refractivity contribution in [2.45, 2.75) is 97.1 Å². The van der Waals surface area contributed by atoms with Gasteiger partial charge in [-0.15, -0.1) is 0 Å². The fraction of sp³-hybridized carbons (Fsp3) is 0.842. The molecule has 0 aromatic rings. The largest absolute Gasteiger partial charge is 0.459 e. The molecule has 22 heavy (non-hydrogen) atoms. The monoisotopic (exact) mass is 311 g/mol. The van der Waals surface area contributed by atoms with Crippen LogP contribution >= 0.6 is 0 Å². The summed E-state index contributed by atoms with van der Waals surface area (Å²) in [6, 6.07) is 0. The van der Waals surface area contributed by atoms with Crippen LogP contribution in [0.4, 0.5) is 0 Å². The van der Waals surface area contributed by atoms with Crippen LogP contribution in [0.5, 0.6) is 0 Å². The summed E-state index contributed by atoms with van der Waals surface area (Å²) in [7, 11) is 0. The second-order valence-corrected chi connectivity index (χ2v) is 7.04. The smallest absolute Gasteiger partial charge is 0.330 e. The van der Waals surface area contributed by atoms with E-state index in [1.54, 1.807) is 0 Å². The molecule has 0 heterocycles. The predicted molar refractivity (Wildman–Crippen MR) is 94.7 cm³/mol. The summed E-state index contributed by atoms with van der Waals surface area (Å²) >= 11 is 0. The van der Waals surface area contributed by atoms with Crippen LogP contribution < -0.4 is 5.73 Å². The van der Waals surface area contributed by atoms with E-state index in [2.05, 4.69) is 13.5 Å². The van der Waals surface area contributed by atoms with Crippen LogP contribution in [0.1, 0.15) is 85.5 Å². The highest BCUT2D eigenvalue weighted by Gasteiger charge is 2.31. The average Bonchev–Trinajstić information content (AvgIpc) is 2.43. The second-order valence-electron chi connectivity index (χ2n) is 7.04. The molecule has 3 nitrogen and oxygen atoms in total. The molecular weight excluding hydrogens is 274 g/mol. The van der Waals surface area contributed by atoms with Crippen molar-refractivity contribution in [2.75, 3.05) is 0 Å². The van der Waals surface area contributed by atoms with Crippen molar-refractivity contribution in [3.05, 3.63) is 12.7 Å². The molecule has 2 unspecified atom stereocenters. The predicted octanol–water partition coefficient (Wildman–Crippen LogP) is 4.99. The summed E-state index contributed by atoms with van der Waals surface area (Å²) in [6.45, 7) is 11.7. The van der Waals surface area contributed by atoms with Gasteiger partial charge in [-0.25, -0.2) is 4.79 Å². The lowest BCUT2D eigenvalue weighted by atomic mass is 9.80. The molecular formula is C19H37NO2. The third kappa shape index (κ3) is 9.99. The minimum Gasteiger partial charge on any atom is -0.459 e. The molecule has 0 fully saturated rings. The summed E-state index contributed by atoms with van der Waals surface area (Å²) in [6.07, 6.45) is 12.4. The van der Waals surface area contributed by atoms with Crippen molar-refractivity contribution < 1.29 is 9.53 Å². The standard InChI is InChI=1S/C19H37NO2/c1-6-8-9-10-11-12-13-14-15-17(19(4,5)20)16(3)22-18(21)7-2/h7,16-17H,2,6,8-15,20H2,1,3-5H3. The van der Waals surface area contributed by atoms with E-state index in [-0.39, 0.29) is 23.5 Å². The van der Waals surface area contributed by atoms with Gasteiger partial charge in [0.15, 0.2) is 0 Å². The molecule has 0 bridgehead atoms. The minimum atomic E-state index is -0.363. The third-order valence-corrected chi connectivity index (χ3v) is 4.36. The third-order valence-electron chi connectivity index (χ3n) is 4.36. The number of hydrogen-bond donors (Lipinski definition) is 1. The molecule has 0 amide bonds. The van der Waals surface area contributed by atoms with E-state index in [0.29, 0.717) is 0 Å². The van der Waals surface area contributed by atoms with Gasteiger partial charge in [0.2, 0.25) is 0 Å². The Labute approximate surface area is 137 Å². The first-order valence-corrected chi connectivity index (χ1v) is 8.94. The van der Waals surface area contributed by atoms with Crippen molar-refractivity contribution in [3.8, 4) is 0 Å². The molecule has 0 aromatic heterocycles. The molecule has 0 rings (SSSR count). The maximum absolute atomic E-state index is 11.4. The van der Waals surface area contributed by atoms with Crippen molar-refractivity contribution in [2.24, 2.45) is 11.7 Å². The molecule has 0 aromatic carbocycles. The van der Waals surface area contributed by atoms with Gasteiger partial charge in [-0.05, 0) is 27.2 Å². The summed E-state index contributed by atoms with van der Waals surface area (Å²) in [5, 5.41) is 0. The van der Waals surface area contributed by atoms with Gasteiger partial charge in [0.05, 0.1) is 0 Å². The maximum atomic E-state index is 11.4. The lowest BCUT2D eigenvalue weighted by Crippen LogP contribution is -2.47. The van der Waals surface area contributed by atoms with Gasteiger partial charge in [-0.2, -0.15) is 0 Å². The summed E-state index contributed by atoms with van der Waals surface area (Å²) in [5.74, 6) is -0.186. The van der Waals surface area contributed by atoms with E-state index in [1.807, 2.05) is 20.8 Å². The Hall–Kier alpha value is -0.830. The van der Waals surface area contributed by atoms with Crippen molar-refractivity contribution >= 4 is 5.97 Å². The molecule has 0 saturated carbocycles. The van der Waals surface area contributed by atoms with Gasteiger partial charge in [-0.3, -0.25) is 0 Å². The normalized spacial score (nSPS) is 14.4. The van der Waals surface area contributed by atoms with Gasteiger partial charge in [0.25, 0.3) is 0 Å². The molecule has 3 heteroatoms. The molecule has 0 aliphatic rings. The SMILES string of the molecule is C=CC(=O)OC(C)C(CCCCCCCCCC)C(C)(C)N. The number of esters is 1. The average molecular weight is 312 g/mol. The zero-order valence-corrected chi connectivity index (χ0v) is 15.2. The van der Waals surface area contributed by atoms with Crippen molar-refractivity contribution in [1.82, 2.24) is 0 Å². The number of nitrogens with two attached hydrogens (primary N) is 1. The van der Waals surface area contributed by atoms with Gasteiger partial charge < -0.3 is 10.5 Å². The van der Waals surface area contributed by atoms with Crippen LogP contribution in [0.2, 0.25) is 0 Å². The van der Waals surface area contributed by atoms with Crippen LogP contribution in [0.25, 0.3) is 0 Å². The summed E-state index contributed by atoms with van der Waals surface area (Å²) in [5.41, 5.74) is 5.93. The molecule has 0 saturated heterocycles. The first-order valence-electron chi connectivity index (χ1n) is 8.94. The van der Waals surface area contributed by atoms with E-state index in [1.165, 1.54) is 51.0 Å². The number of rotatable bonds is 13. The molecule has 0 radical (unpaired) electrons. The van der Waals surface area contributed by atoms with Crippen LogP contribution in [-0.2, 0) is 9.53 Å². The minimum absolute atomic E-state index is 0.171. The van der Waals surface area contributed by atoms with Crippen LogP contribution in [0.3, 0.4) is 0 Å². The molecule has 0 aliphatic carbocycles. The highest BCUT2D eigenvalue weighted by Crippen LogP contribution is 2.26. The zero-order chi connectivity index (χ0) is 17.0. The topological polar surface area (TPSA) is 52.3 Å². The van der Waals surface area contributed by atoms with Crippen molar-refractivity contribution in [1.29, 1.82) is 0 Å². The van der Waals surface area contributed by atoms with Gasteiger partial charge in [-0.1, -0.05) is 64.9 Å². The van der Waals surface area contributed by atoms with E-state index in [0.717, 1.165) is 12.8 Å². The lowest BCUT2D eigenvalue weighted by molar-refractivity contribution is -0.145. The first-order chi connectivity index (χ1) is 10.3. The van der Waals surface area contributed by atoms with Crippen LogP contribution in [-0.4, -0.2) is 17.6 Å². The van der Waals surface area contributed by atoms with E-state index in [9.17, 15) is 4.79 Å². The second kappa shape index (κ2) is 11.7. The molecule has 0 aliphatic heterocycles. The van der Waals surface area contributed by atoms with Gasteiger partial charge >= 0.3 is 5.97 Å². The Morgan fingerprint density at radius 3 is 2.09 bits per heavy atom. The fourth-order valence-electron chi connectivity index (χ4n) is 3.02. The Balaban J connectivity index is 4.06. The van der Waals surface area contributed by atoms with Crippen LogP contribution in [0.15, 0.2) is 12.7 Å². The van der Waals surface area contributed by atoms with E-state index in [4.69, 9.17) is 10.5 Å². The van der Waals surface area contributed by atoms with E-state index < -0.39 is 0 Å². The highest BCUT2D eigenvalue weighted by atomic mass is 16.5. The van der Waals surface area contributed by atoms with Crippen molar-refractivity contribution in [3.63, 3.8) is 0 Å². The Morgan fingerprint density at radius 2 is 1.64 bits per heavy atom. The number of ether oxygens (including phenoxy) is 1. The Kier molecular flexibility index (Phi) is 11.3. The first kappa shape index (κ1) is 21.2. The molecule has 2 atom stereocenters. The number of hydrogen-bond acceptors (Lipinski definition) is 3. The van der Waals surface area contributed by atoms with Gasteiger partial charge in [0.1, 0.15) is 6.10 Å². The number of carbonyl (C=O) groups excluding carboxylic acids is 1. The number of carbonyl (C=O) groups is 1. The van der Waals surface area contributed by atoms with E-state index >= 15 is 0 Å². The Morgan fingerprint density at radius 1 is 1.14 bits per heavy atom. The molecule has 2 N–H and O–H groups in total. The van der Waals surface area contributed by atoms with Crippen LogP contribution in [0, 0.1) is 5.92 Å². The zero-order valence-electron chi connectivity index (χ0n) is 15.2.